The maximum absolute atomic E-state index is 11.9. The van der Waals surface area contributed by atoms with Gasteiger partial charge in [-0.2, -0.15) is 0 Å². The fourth-order valence-corrected chi connectivity index (χ4v) is 22.7. The minimum Gasteiger partial charge on any atom is -0.504 e. The lowest BCUT2D eigenvalue weighted by Gasteiger charge is -2.49. The van der Waals surface area contributed by atoms with Gasteiger partial charge in [0.05, 0.1) is 0 Å². The highest BCUT2D eigenvalue weighted by Crippen LogP contribution is 2.51. The van der Waals surface area contributed by atoms with Crippen LogP contribution >= 0.6 is 0 Å². The van der Waals surface area contributed by atoms with E-state index in [1.807, 2.05) is 0 Å². The Morgan fingerprint density at radius 1 is 0.471 bits per heavy atom. The Labute approximate surface area is 215 Å². The Hall–Kier alpha value is -0.746. The lowest BCUT2D eigenvalue weighted by molar-refractivity contribution is 0.408. The fourth-order valence-electron chi connectivity index (χ4n) is 7.81. The molecule has 6 atom stereocenters. The minimum atomic E-state index is -2.14. The molecule has 1 aromatic carbocycles. The summed E-state index contributed by atoms with van der Waals surface area (Å²) in [5.74, 6) is 0.466. The van der Waals surface area contributed by atoms with E-state index in [2.05, 4.69) is 95.2 Å². The van der Waals surface area contributed by atoms with Crippen molar-refractivity contribution in [2.45, 2.75) is 155 Å². The predicted molar refractivity (Wildman–Crippen MR) is 159 cm³/mol. The number of hydrogen-bond acceptors (Lipinski definition) is 2. The van der Waals surface area contributed by atoms with Gasteiger partial charge < -0.3 is 10.2 Å². The van der Waals surface area contributed by atoms with Crippen molar-refractivity contribution in [2.75, 3.05) is 0 Å². The predicted octanol–water partition coefficient (Wildman–Crippen LogP) is 9.21. The molecule has 0 bridgehead atoms. The van der Waals surface area contributed by atoms with Gasteiger partial charge in [0.15, 0.2) is 11.5 Å². The molecule has 0 spiro atoms. The van der Waals surface area contributed by atoms with E-state index in [-0.39, 0.29) is 11.5 Å². The Morgan fingerprint density at radius 2 is 0.647 bits per heavy atom. The molecular formula is C30H58O2Si2. The molecule has 0 fully saturated rings. The molecular weight excluding hydrogens is 449 g/mol. The van der Waals surface area contributed by atoms with Crippen molar-refractivity contribution in [2.24, 2.45) is 0 Å². The number of aromatic hydroxyl groups is 2. The Bertz CT molecular complexity index is 646. The van der Waals surface area contributed by atoms with Crippen LogP contribution in [0.2, 0.25) is 33.2 Å². The Balaban J connectivity index is 4.11. The molecule has 0 aliphatic rings. The van der Waals surface area contributed by atoms with E-state index in [9.17, 15) is 10.2 Å². The normalized spacial score (nSPS) is 21.1. The van der Waals surface area contributed by atoms with Gasteiger partial charge in [0.1, 0.15) is 16.1 Å². The number of rotatable bonds is 14. The van der Waals surface area contributed by atoms with Crippen LogP contribution in [0.25, 0.3) is 0 Å². The van der Waals surface area contributed by atoms with Gasteiger partial charge in [-0.3, -0.25) is 0 Å². The largest absolute Gasteiger partial charge is 0.504 e. The SMILES string of the molecule is CCC(C)[Si](c1ccc([Si](C(C)CC)(C(C)CC)C(C)CC)c(O)c1O)(C(C)CC)C(C)CC. The standard InChI is InChI=1S/C30H58O2Si2/c1-13-21(7)33(22(8)14-2,23(9)15-3)27-19-20-28(30(32)29(27)31)34(24(10)16-4,25(11)17-5)26(12)18-6/h19-26,31-32H,13-18H2,1-12H3. The average Bonchev–Trinajstić information content (AvgIpc) is 2.86. The number of phenols is 2. The quantitative estimate of drug-likeness (QED) is 0.195. The molecule has 2 N–H and O–H groups in total. The van der Waals surface area contributed by atoms with Crippen LogP contribution in [0.1, 0.15) is 122 Å². The molecule has 4 heteroatoms. The van der Waals surface area contributed by atoms with Crippen LogP contribution in [0.15, 0.2) is 12.1 Å². The van der Waals surface area contributed by atoms with Crippen molar-refractivity contribution in [1.82, 2.24) is 0 Å². The highest BCUT2D eigenvalue weighted by Gasteiger charge is 2.52. The van der Waals surface area contributed by atoms with Crippen LogP contribution in [-0.4, -0.2) is 26.4 Å². The lowest BCUT2D eigenvalue weighted by atomic mass is 10.3. The van der Waals surface area contributed by atoms with Crippen molar-refractivity contribution in [3.63, 3.8) is 0 Å². The first-order valence-electron chi connectivity index (χ1n) is 14.5. The summed E-state index contributed by atoms with van der Waals surface area (Å²) in [5, 5.41) is 26.0. The first-order chi connectivity index (χ1) is 15.9. The van der Waals surface area contributed by atoms with Crippen LogP contribution in [0, 0.1) is 0 Å². The van der Waals surface area contributed by atoms with Crippen molar-refractivity contribution in [3.8, 4) is 11.5 Å². The average molecular weight is 507 g/mol. The third kappa shape index (κ3) is 4.92. The van der Waals surface area contributed by atoms with Crippen LogP contribution < -0.4 is 10.4 Å². The highest BCUT2D eigenvalue weighted by molar-refractivity contribution is 6.97. The van der Waals surface area contributed by atoms with E-state index in [1.54, 1.807) is 0 Å². The van der Waals surface area contributed by atoms with Gasteiger partial charge in [0.25, 0.3) is 0 Å². The second-order valence-corrected chi connectivity index (χ2v) is 22.3. The summed E-state index contributed by atoms with van der Waals surface area (Å²) < 4.78 is 0. The maximum Gasteiger partial charge on any atom is 0.156 e. The molecule has 0 aromatic heterocycles. The van der Waals surface area contributed by atoms with Gasteiger partial charge in [-0.1, -0.05) is 134 Å². The summed E-state index contributed by atoms with van der Waals surface area (Å²) in [4.78, 5) is 0. The molecule has 0 heterocycles. The fraction of sp³-hybridized carbons (Fsp3) is 0.800. The van der Waals surface area contributed by atoms with Crippen molar-refractivity contribution < 1.29 is 10.2 Å². The zero-order valence-electron chi connectivity index (χ0n) is 24.8. The third-order valence-corrected chi connectivity index (χ3v) is 25.6. The summed E-state index contributed by atoms with van der Waals surface area (Å²) in [5.41, 5.74) is 3.30. The molecule has 0 amide bonds. The second-order valence-electron chi connectivity index (χ2n) is 11.6. The molecule has 1 rings (SSSR count). The summed E-state index contributed by atoms with van der Waals surface area (Å²) in [6.45, 7) is 28.3. The smallest absolute Gasteiger partial charge is 0.156 e. The van der Waals surface area contributed by atoms with Crippen molar-refractivity contribution >= 4 is 26.5 Å². The molecule has 1 aromatic rings. The van der Waals surface area contributed by atoms with E-state index < -0.39 is 16.1 Å². The molecule has 6 unspecified atom stereocenters. The zero-order valence-corrected chi connectivity index (χ0v) is 26.8. The van der Waals surface area contributed by atoms with Gasteiger partial charge >= 0.3 is 0 Å². The van der Waals surface area contributed by atoms with Crippen LogP contribution in [0.3, 0.4) is 0 Å². The van der Waals surface area contributed by atoms with Crippen molar-refractivity contribution in [3.05, 3.63) is 12.1 Å². The molecule has 34 heavy (non-hydrogen) atoms. The summed E-state index contributed by atoms with van der Waals surface area (Å²) in [6.07, 6.45) is 6.72. The Kier molecular flexibility index (Phi) is 11.9. The number of phenolic OH excluding ortho intramolecular Hbond substituents is 2. The second kappa shape index (κ2) is 13.0. The molecule has 0 aliphatic heterocycles. The first-order valence-corrected chi connectivity index (χ1v) is 19.0. The summed E-state index contributed by atoms with van der Waals surface area (Å²) in [7, 11) is -4.28. The van der Waals surface area contributed by atoms with E-state index in [0.29, 0.717) is 33.2 Å². The van der Waals surface area contributed by atoms with Crippen LogP contribution in [-0.2, 0) is 0 Å². The van der Waals surface area contributed by atoms with Crippen LogP contribution in [0.4, 0.5) is 0 Å². The summed E-state index contributed by atoms with van der Waals surface area (Å²) in [6, 6.07) is 4.60. The van der Waals surface area contributed by atoms with Gasteiger partial charge in [-0.15, -0.1) is 0 Å². The van der Waals surface area contributed by atoms with Gasteiger partial charge in [0, 0.05) is 0 Å². The molecule has 198 valence electrons. The minimum absolute atomic E-state index is 0.233. The molecule has 2 nitrogen and oxygen atoms in total. The number of benzene rings is 1. The van der Waals surface area contributed by atoms with E-state index >= 15 is 0 Å². The van der Waals surface area contributed by atoms with E-state index in [0.717, 1.165) is 48.9 Å². The maximum atomic E-state index is 11.9. The lowest BCUT2D eigenvalue weighted by Crippen LogP contribution is -2.60. The topological polar surface area (TPSA) is 40.5 Å². The number of hydrogen-bond donors (Lipinski definition) is 2. The molecule has 0 saturated heterocycles. The van der Waals surface area contributed by atoms with Gasteiger partial charge in [-0.25, -0.2) is 0 Å². The molecule has 0 aliphatic carbocycles. The third-order valence-electron chi connectivity index (χ3n) is 10.7. The van der Waals surface area contributed by atoms with Crippen LogP contribution in [0.5, 0.6) is 11.5 Å². The zero-order chi connectivity index (χ0) is 26.4. The Morgan fingerprint density at radius 3 is 0.794 bits per heavy atom. The van der Waals surface area contributed by atoms with Crippen molar-refractivity contribution in [1.29, 1.82) is 0 Å². The molecule has 0 saturated carbocycles. The molecule has 0 radical (unpaired) electrons. The summed E-state index contributed by atoms with van der Waals surface area (Å²) >= 11 is 0. The first kappa shape index (κ1) is 31.3. The van der Waals surface area contributed by atoms with Gasteiger partial charge in [0.2, 0.25) is 0 Å². The monoisotopic (exact) mass is 506 g/mol. The van der Waals surface area contributed by atoms with E-state index in [4.69, 9.17) is 0 Å². The van der Waals surface area contributed by atoms with Gasteiger partial charge in [-0.05, 0) is 43.6 Å². The van der Waals surface area contributed by atoms with E-state index in [1.165, 1.54) is 0 Å². The highest BCUT2D eigenvalue weighted by atomic mass is 28.3.